The van der Waals surface area contributed by atoms with E-state index in [-0.39, 0.29) is 0 Å². The molecule has 20 heavy (non-hydrogen) atoms. The fourth-order valence-corrected chi connectivity index (χ4v) is 2.81. The quantitative estimate of drug-likeness (QED) is 0.873. The summed E-state index contributed by atoms with van der Waals surface area (Å²) >= 11 is 3.48. The van der Waals surface area contributed by atoms with Gasteiger partial charge in [0.15, 0.2) is 0 Å². The number of hydrogen-bond acceptors (Lipinski definition) is 2. The SMILES string of the molecule is CCNCc1cnn(Cc2ccc(Br)cc2)c1C1CC1. The molecule has 0 atom stereocenters. The van der Waals surface area contributed by atoms with E-state index in [1.165, 1.54) is 29.7 Å². The number of hydrogen-bond donors (Lipinski definition) is 1. The summed E-state index contributed by atoms with van der Waals surface area (Å²) in [4.78, 5) is 0. The van der Waals surface area contributed by atoms with Gasteiger partial charge in [0, 0.05) is 28.2 Å². The van der Waals surface area contributed by atoms with Crippen LogP contribution in [0.3, 0.4) is 0 Å². The highest BCUT2D eigenvalue weighted by Crippen LogP contribution is 2.41. The molecule has 1 fully saturated rings. The minimum absolute atomic E-state index is 0.724. The van der Waals surface area contributed by atoms with E-state index in [0.717, 1.165) is 30.0 Å². The summed E-state index contributed by atoms with van der Waals surface area (Å²) in [6.45, 7) is 4.94. The van der Waals surface area contributed by atoms with E-state index in [4.69, 9.17) is 0 Å². The second kappa shape index (κ2) is 6.10. The van der Waals surface area contributed by atoms with Gasteiger partial charge in [-0.1, -0.05) is 35.0 Å². The predicted octanol–water partition coefficient (Wildman–Crippen LogP) is 3.68. The van der Waals surface area contributed by atoms with Crippen molar-refractivity contribution in [1.82, 2.24) is 15.1 Å². The first-order valence-corrected chi connectivity index (χ1v) is 8.07. The third kappa shape index (κ3) is 3.13. The average Bonchev–Trinajstić information content (AvgIpc) is 3.21. The van der Waals surface area contributed by atoms with Gasteiger partial charge in [0.2, 0.25) is 0 Å². The van der Waals surface area contributed by atoms with E-state index >= 15 is 0 Å². The van der Waals surface area contributed by atoms with E-state index in [0.29, 0.717) is 0 Å². The lowest BCUT2D eigenvalue weighted by Gasteiger charge is -2.09. The lowest BCUT2D eigenvalue weighted by atomic mass is 10.1. The molecule has 0 amide bonds. The Kier molecular flexibility index (Phi) is 4.22. The molecule has 0 bridgehead atoms. The van der Waals surface area contributed by atoms with Crippen LogP contribution in [0.15, 0.2) is 34.9 Å². The fraction of sp³-hybridized carbons (Fsp3) is 0.438. The van der Waals surface area contributed by atoms with Crippen molar-refractivity contribution in [3.8, 4) is 0 Å². The Hall–Kier alpha value is -1.13. The zero-order chi connectivity index (χ0) is 13.9. The van der Waals surface area contributed by atoms with Crippen LogP contribution in [0.2, 0.25) is 0 Å². The number of halogens is 1. The van der Waals surface area contributed by atoms with Gasteiger partial charge in [0.25, 0.3) is 0 Å². The smallest absolute Gasteiger partial charge is 0.0662 e. The fourth-order valence-electron chi connectivity index (χ4n) is 2.55. The minimum atomic E-state index is 0.724. The first-order valence-electron chi connectivity index (χ1n) is 7.27. The van der Waals surface area contributed by atoms with Crippen molar-refractivity contribution in [3.63, 3.8) is 0 Å². The van der Waals surface area contributed by atoms with Gasteiger partial charge in [-0.05, 0) is 37.1 Å². The Labute approximate surface area is 128 Å². The molecule has 0 saturated heterocycles. The summed E-state index contributed by atoms with van der Waals surface area (Å²) in [6, 6.07) is 8.50. The van der Waals surface area contributed by atoms with Crippen LogP contribution in [0.25, 0.3) is 0 Å². The largest absolute Gasteiger partial charge is 0.313 e. The van der Waals surface area contributed by atoms with Crippen molar-refractivity contribution in [2.45, 2.75) is 38.8 Å². The Bertz CT molecular complexity index is 570. The molecule has 3 rings (SSSR count). The van der Waals surface area contributed by atoms with Crippen LogP contribution in [0.5, 0.6) is 0 Å². The van der Waals surface area contributed by atoms with Crippen LogP contribution in [0.4, 0.5) is 0 Å². The summed E-state index contributed by atoms with van der Waals surface area (Å²) < 4.78 is 3.31. The predicted molar refractivity (Wildman–Crippen MR) is 84.8 cm³/mol. The maximum Gasteiger partial charge on any atom is 0.0662 e. The van der Waals surface area contributed by atoms with Gasteiger partial charge < -0.3 is 5.32 Å². The van der Waals surface area contributed by atoms with Gasteiger partial charge in [-0.2, -0.15) is 5.10 Å². The van der Waals surface area contributed by atoms with Crippen LogP contribution in [0, 0.1) is 0 Å². The van der Waals surface area contributed by atoms with Gasteiger partial charge in [-0.25, -0.2) is 0 Å². The van der Waals surface area contributed by atoms with Crippen LogP contribution in [-0.4, -0.2) is 16.3 Å². The first-order chi connectivity index (χ1) is 9.78. The van der Waals surface area contributed by atoms with E-state index in [2.05, 4.69) is 62.2 Å². The van der Waals surface area contributed by atoms with E-state index in [1.807, 2.05) is 6.20 Å². The minimum Gasteiger partial charge on any atom is -0.313 e. The van der Waals surface area contributed by atoms with E-state index in [1.54, 1.807) is 0 Å². The molecule has 2 aromatic rings. The van der Waals surface area contributed by atoms with E-state index in [9.17, 15) is 0 Å². The van der Waals surface area contributed by atoms with Gasteiger partial charge in [0.1, 0.15) is 0 Å². The molecule has 1 heterocycles. The highest BCUT2D eigenvalue weighted by Gasteiger charge is 2.29. The molecule has 0 unspecified atom stereocenters. The van der Waals surface area contributed by atoms with Crippen molar-refractivity contribution in [3.05, 3.63) is 51.8 Å². The van der Waals surface area contributed by atoms with Crippen molar-refractivity contribution in [1.29, 1.82) is 0 Å². The maximum absolute atomic E-state index is 4.61. The molecule has 1 aromatic heterocycles. The summed E-state index contributed by atoms with van der Waals surface area (Å²) in [5, 5.41) is 8.03. The lowest BCUT2D eigenvalue weighted by Crippen LogP contribution is -2.13. The van der Waals surface area contributed by atoms with Gasteiger partial charge >= 0.3 is 0 Å². The Morgan fingerprint density at radius 3 is 2.70 bits per heavy atom. The van der Waals surface area contributed by atoms with Crippen molar-refractivity contribution >= 4 is 15.9 Å². The normalized spacial score (nSPS) is 14.7. The maximum atomic E-state index is 4.61. The van der Waals surface area contributed by atoms with Gasteiger partial charge in [0.05, 0.1) is 12.7 Å². The second-order valence-corrected chi connectivity index (χ2v) is 6.31. The highest BCUT2D eigenvalue weighted by molar-refractivity contribution is 9.10. The molecular formula is C16H20BrN3. The zero-order valence-electron chi connectivity index (χ0n) is 11.8. The molecule has 4 heteroatoms. The molecule has 3 nitrogen and oxygen atoms in total. The molecule has 0 radical (unpaired) electrons. The number of benzene rings is 1. The third-order valence-corrected chi connectivity index (χ3v) is 4.26. The molecule has 1 aliphatic carbocycles. The molecule has 0 aliphatic heterocycles. The molecular weight excluding hydrogens is 314 g/mol. The first kappa shape index (κ1) is 13.8. The van der Waals surface area contributed by atoms with Gasteiger partial charge in [-0.3, -0.25) is 4.68 Å². The number of aromatic nitrogens is 2. The third-order valence-electron chi connectivity index (χ3n) is 3.74. The second-order valence-electron chi connectivity index (χ2n) is 5.39. The molecule has 1 aliphatic rings. The standard InChI is InChI=1S/C16H20BrN3/c1-2-18-9-14-10-19-20(16(14)13-5-6-13)11-12-3-7-15(17)8-4-12/h3-4,7-8,10,13,18H,2,5-6,9,11H2,1H3. The summed E-state index contributed by atoms with van der Waals surface area (Å²) in [5.41, 5.74) is 4.11. The van der Waals surface area contributed by atoms with Crippen LogP contribution < -0.4 is 5.32 Å². The van der Waals surface area contributed by atoms with Crippen LogP contribution in [-0.2, 0) is 13.1 Å². The number of rotatable bonds is 6. The van der Waals surface area contributed by atoms with Crippen molar-refractivity contribution in [2.24, 2.45) is 0 Å². The Morgan fingerprint density at radius 2 is 2.05 bits per heavy atom. The summed E-state index contributed by atoms with van der Waals surface area (Å²) in [6.07, 6.45) is 4.66. The molecule has 106 valence electrons. The van der Waals surface area contributed by atoms with Crippen LogP contribution in [0.1, 0.15) is 42.5 Å². The van der Waals surface area contributed by atoms with Gasteiger partial charge in [-0.15, -0.1) is 0 Å². The monoisotopic (exact) mass is 333 g/mol. The summed E-state index contributed by atoms with van der Waals surface area (Å²) in [7, 11) is 0. The Morgan fingerprint density at radius 1 is 1.30 bits per heavy atom. The molecule has 1 N–H and O–H groups in total. The van der Waals surface area contributed by atoms with Crippen molar-refractivity contribution in [2.75, 3.05) is 6.54 Å². The van der Waals surface area contributed by atoms with E-state index < -0.39 is 0 Å². The molecule has 0 spiro atoms. The average molecular weight is 334 g/mol. The molecule has 1 saturated carbocycles. The molecule has 1 aromatic carbocycles. The Balaban J connectivity index is 1.81. The number of nitrogens with zero attached hydrogens (tertiary/aromatic N) is 2. The van der Waals surface area contributed by atoms with Crippen molar-refractivity contribution < 1.29 is 0 Å². The van der Waals surface area contributed by atoms with Crippen LogP contribution >= 0.6 is 15.9 Å². The summed E-state index contributed by atoms with van der Waals surface area (Å²) in [5.74, 6) is 0.724. The number of nitrogens with one attached hydrogen (secondary N) is 1. The zero-order valence-corrected chi connectivity index (χ0v) is 13.4. The topological polar surface area (TPSA) is 29.9 Å². The highest BCUT2D eigenvalue weighted by atomic mass is 79.9. The lowest BCUT2D eigenvalue weighted by molar-refractivity contribution is 0.639.